The minimum absolute atomic E-state index is 0.168. The largest absolute Gasteiger partial charge is 0.445 e. The maximum absolute atomic E-state index is 14.7. The normalized spacial score (nSPS) is 13.2. The first-order valence-corrected chi connectivity index (χ1v) is 23.0. The molecule has 0 saturated carbocycles. The summed E-state index contributed by atoms with van der Waals surface area (Å²) >= 11 is 0. The predicted molar refractivity (Wildman–Crippen MR) is 163 cm³/mol. The average molecular weight is 555 g/mol. The monoisotopic (exact) mass is 554 g/mol. The van der Waals surface area contributed by atoms with Crippen molar-refractivity contribution < 1.29 is 17.2 Å². The van der Waals surface area contributed by atoms with Gasteiger partial charge in [0.2, 0.25) is 25.0 Å². The summed E-state index contributed by atoms with van der Waals surface area (Å²) in [6, 6.07) is 0. The van der Waals surface area contributed by atoms with Crippen molar-refractivity contribution in [3.8, 4) is 0 Å². The lowest BCUT2D eigenvalue weighted by Gasteiger charge is -2.42. The minimum Gasteiger partial charge on any atom is -0.331 e. The van der Waals surface area contributed by atoms with E-state index in [2.05, 4.69) is 78.8 Å². The van der Waals surface area contributed by atoms with Crippen LogP contribution in [0.3, 0.4) is 0 Å². The highest BCUT2D eigenvalue weighted by atomic mass is 31.2. The lowest BCUT2D eigenvalue weighted by Crippen LogP contribution is -2.43. The van der Waals surface area contributed by atoms with Crippen molar-refractivity contribution in [3.05, 3.63) is 75.9 Å². The molecule has 0 heterocycles. The van der Waals surface area contributed by atoms with E-state index in [1.54, 1.807) is 0 Å². The van der Waals surface area contributed by atoms with E-state index in [9.17, 15) is 4.57 Å². The summed E-state index contributed by atoms with van der Waals surface area (Å²) in [5.41, 5.74) is 0.505. The summed E-state index contributed by atoms with van der Waals surface area (Å²) in [5.74, 6) is 0. The Morgan fingerprint density at radius 2 is 0.686 bits per heavy atom. The van der Waals surface area contributed by atoms with Gasteiger partial charge in [0.25, 0.3) is 0 Å². The van der Waals surface area contributed by atoms with Gasteiger partial charge in [-0.1, -0.05) is 36.5 Å². The molecule has 0 atom stereocenters. The molecule has 35 heavy (non-hydrogen) atoms. The van der Waals surface area contributed by atoms with Gasteiger partial charge in [-0.3, -0.25) is 0 Å². The molecule has 0 unspecified atom stereocenters. The molecular weight excluding hydrogens is 504 g/mol. The van der Waals surface area contributed by atoms with E-state index in [4.69, 9.17) is 12.6 Å². The van der Waals surface area contributed by atoms with E-state index < -0.39 is 32.8 Å². The van der Waals surface area contributed by atoms with Crippen molar-refractivity contribution in [1.29, 1.82) is 0 Å². The first-order valence-electron chi connectivity index (χ1n) is 12.6. The van der Waals surface area contributed by atoms with Crippen LogP contribution < -0.4 is 0 Å². The first-order chi connectivity index (χ1) is 16.2. The second-order valence-corrected chi connectivity index (χ2v) is 25.9. The highest BCUT2D eigenvalue weighted by Gasteiger charge is 2.50. The zero-order chi connectivity index (χ0) is 27.3. The predicted octanol–water partition coefficient (Wildman–Crippen LogP) is 10.3. The summed E-state index contributed by atoms with van der Waals surface area (Å²) in [6.45, 7) is 36.0. The van der Waals surface area contributed by atoms with Gasteiger partial charge in [0.05, 0.1) is 0 Å². The Hall–Kier alpha value is -0.799. The Balaban J connectivity index is 6.49. The standard InChI is InChI=1S/C27H51O4PSi3/c1-13-19-25(20-14-2)33(7,8)29-32(28,30-34(9,10)26(21-15-3)22-16-4)31-35(11,12)27(23-17-5)24-18-6/h13-18,25-27H,1-6,19-24H2,7-12H3. The first kappa shape index (κ1) is 34.2. The zero-order valence-corrected chi connectivity index (χ0v) is 27.2. The molecule has 0 aromatic carbocycles. The second-order valence-electron chi connectivity index (χ2n) is 10.8. The SMILES string of the molecule is C=CCC(CC=C)[Si](C)(C)OP(=O)(O[Si](C)(C)C(CC=C)CC=C)O[Si](C)(C)C(CC=C)CC=C. The Morgan fingerprint density at radius 3 is 0.829 bits per heavy atom. The summed E-state index contributed by atoms with van der Waals surface area (Å²) in [6.07, 6.45) is 15.9. The molecule has 0 aliphatic heterocycles. The molecule has 0 spiro atoms. The molecule has 4 nitrogen and oxygen atoms in total. The molecule has 0 amide bonds. The van der Waals surface area contributed by atoms with Crippen LogP contribution in [0.1, 0.15) is 38.5 Å². The number of allylic oxidation sites excluding steroid dienone is 6. The van der Waals surface area contributed by atoms with E-state index in [0.717, 1.165) is 38.5 Å². The van der Waals surface area contributed by atoms with Gasteiger partial charge in [-0.2, -0.15) is 0 Å². The van der Waals surface area contributed by atoms with E-state index in [0.29, 0.717) is 0 Å². The zero-order valence-electron chi connectivity index (χ0n) is 23.3. The van der Waals surface area contributed by atoms with E-state index in [1.807, 2.05) is 36.5 Å². The molecule has 8 heteroatoms. The lowest BCUT2D eigenvalue weighted by molar-refractivity contribution is 0.279. The number of phosphoric acid groups is 1. The van der Waals surface area contributed by atoms with Gasteiger partial charge in [0.15, 0.2) is 0 Å². The Kier molecular flexibility index (Phi) is 15.1. The van der Waals surface area contributed by atoms with Gasteiger partial charge in [0.1, 0.15) is 0 Å². The molecule has 0 aliphatic rings. The number of hydrogen-bond donors (Lipinski definition) is 0. The van der Waals surface area contributed by atoms with Gasteiger partial charge in [-0.25, -0.2) is 4.57 Å². The maximum atomic E-state index is 14.7. The Bertz CT molecular complexity index is 647. The lowest BCUT2D eigenvalue weighted by atomic mass is 10.2. The van der Waals surface area contributed by atoms with E-state index in [1.165, 1.54) is 0 Å². The fourth-order valence-corrected chi connectivity index (χ4v) is 18.9. The van der Waals surface area contributed by atoms with Crippen LogP contribution in [0.15, 0.2) is 75.9 Å². The van der Waals surface area contributed by atoms with Crippen LogP contribution in [0.2, 0.25) is 55.9 Å². The van der Waals surface area contributed by atoms with Crippen LogP contribution in [0.25, 0.3) is 0 Å². The van der Waals surface area contributed by atoms with Crippen LogP contribution in [-0.2, 0) is 17.2 Å². The molecule has 0 aromatic rings. The van der Waals surface area contributed by atoms with Gasteiger partial charge >= 0.3 is 7.82 Å². The molecule has 0 aliphatic carbocycles. The van der Waals surface area contributed by atoms with Crippen molar-refractivity contribution in [3.63, 3.8) is 0 Å². The molecule has 0 fully saturated rings. The Morgan fingerprint density at radius 1 is 0.514 bits per heavy atom. The van der Waals surface area contributed by atoms with E-state index in [-0.39, 0.29) is 16.6 Å². The van der Waals surface area contributed by atoms with Crippen molar-refractivity contribution >= 4 is 32.8 Å². The van der Waals surface area contributed by atoms with Gasteiger partial charge in [-0.05, 0) is 94.4 Å². The second kappa shape index (κ2) is 15.5. The van der Waals surface area contributed by atoms with Crippen molar-refractivity contribution in [1.82, 2.24) is 0 Å². The third-order valence-electron chi connectivity index (χ3n) is 6.70. The topological polar surface area (TPSA) is 44.8 Å². The quantitative estimate of drug-likeness (QED) is 0.0804. The molecule has 0 radical (unpaired) electrons. The molecule has 0 saturated heterocycles. The summed E-state index contributed by atoms with van der Waals surface area (Å²) in [5, 5.41) is 0. The average Bonchev–Trinajstić information content (AvgIpc) is 2.71. The summed E-state index contributed by atoms with van der Waals surface area (Å²) < 4.78 is 34.5. The third kappa shape index (κ3) is 11.4. The van der Waals surface area contributed by atoms with Crippen molar-refractivity contribution in [2.24, 2.45) is 0 Å². The smallest absolute Gasteiger partial charge is 0.331 e. The minimum atomic E-state index is -3.91. The maximum Gasteiger partial charge on any atom is 0.445 e. The highest BCUT2D eigenvalue weighted by Crippen LogP contribution is 2.60. The fourth-order valence-electron chi connectivity index (χ4n) is 4.34. The van der Waals surface area contributed by atoms with Crippen LogP contribution in [-0.4, -0.2) is 25.0 Å². The third-order valence-corrected chi connectivity index (χ3v) is 22.3. The molecule has 200 valence electrons. The van der Waals surface area contributed by atoms with Crippen molar-refractivity contribution in [2.45, 2.75) is 94.4 Å². The molecule has 0 N–H and O–H groups in total. The van der Waals surface area contributed by atoms with Crippen LogP contribution >= 0.6 is 7.82 Å². The van der Waals surface area contributed by atoms with E-state index >= 15 is 0 Å². The highest BCUT2D eigenvalue weighted by molar-refractivity contribution is 7.53. The van der Waals surface area contributed by atoms with Gasteiger partial charge < -0.3 is 12.6 Å². The fraction of sp³-hybridized carbons (Fsp3) is 0.556. The van der Waals surface area contributed by atoms with Crippen molar-refractivity contribution in [2.75, 3.05) is 0 Å². The summed E-state index contributed by atoms with van der Waals surface area (Å²) in [7, 11) is -11.5. The van der Waals surface area contributed by atoms with Gasteiger partial charge in [0, 0.05) is 0 Å². The van der Waals surface area contributed by atoms with Gasteiger partial charge in [-0.15, -0.1) is 39.5 Å². The van der Waals surface area contributed by atoms with Crippen LogP contribution in [0, 0.1) is 0 Å². The van der Waals surface area contributed by atoms with Crippen LogP contribution in [0.5, 0.6) is 0 Å². The Labute approximate surface area is 219 Å². The molecule has 0 bridgehead atoms. The van der Waals surface area contributed by atoms with Crippen LogP contribution in [0.4, 0.5) is 0 Å². The molecule has 0 rings (SSSR count). The number of rotatable bonds is 21. The molecule has 0 aromatic heterocycles. The molecular formula is C27H51O4PSi3. The summed E-state index contributed by atoms with van der Waals surface area (Å²) in [4.78, 5) is 0. The number of hydrogen-bond acceptors (Lipinski definition) is 4.